The Morgan fingerprint density at radius 2 is 2.14 bits per heavy atom. The molecule has 0 aromatic heterocycles. The van der Waals surface area contributed by atoms with Gasteiger partial charge < -0.3 is 5.32 Å². The van der Waals surface area contributed by atoms with E-state index in [9.17, 15) is 4.39 Å². The Morgan fingerprint density at radius 3 is 2.86 bits per heavy atom. The van der Waals surface area contributed by atoms with Crippen molar-refractivity contribution in [2.45, 2.75) is 19.3 Å². The number of nitrogens with one attached hydrogen (secondary N) is 1. The second-order valence-electron chi connectivity index (χ2n) is 3.95. The number of benzene rings is 1. The van der Waals surface area contributed by atoms with Gasteiger partial charge in [-0.2, -0.15) is 0 Å². The predicted molar refractivity (Wildman–Crippen MR) is 55.8 cm³/mol. The van der Waals surface area contributed by atoms with Crippen LogP contribution in [0.25, 0.3) is 0 Å². The molecule has 2 unspecified atom stereocenters. The van der Waals surface area contributed by atoms with Gasteiger partial charge in [-0.05, 0) is 24.1 Å². The van der Waals surface area contributed by atoms with Crippen LogP contribution >= 0.6 is 0 Å². The van der Waals surface area contributed by atoms with Crippen molar-refractivity contribution < 1.29 is 4.39 Å². The molecule has 1 aliphatic rings. The third-order valence-electron chi connectivity index (χ3n) is 3.17. The van der Waals surface area contributed by atoms with Crippen molar-refractivity contribution in [2.24, 2.45) is 5.92 Å². The zero-order valence-electron chi connectivity index (χ0n) is 8.46. The summed E-state index contributed by atoms with van der Waals surface area (Å²) < 4.78 is 13.5. The van der Waals surface area contributed by atoms with Crippen LogP contribution in [-0.2, 0) is 0 Å². The molecule has 1 nitrogen and oxygen atoms in total. The highest BCUT2D eigenvalue weighted by atomic mass is 19.1. The molecule has 1 aromatic carbocycles. The summed E-state index contributed by atoms with van der Waals surface area (Å²) in [5, 5.41) is 3.33. The van der Waals surface area contributed by atoms with Gasteiger partial charge in [-0.15, -0.1) is 0 Å². The summed E-state index contributed by atoms with van der Waals surface area (Å²) in [7, 11) is 0. The van der Waals surface area contributed by atoms with E-state index in [0.29, 0.717) is 11.8 Å². The van der Waals surface area contributed by atoms with E-state index >= 15 is 0 Å². The Labute approximate surface area is 84.3 Å². The van der Waals surface area contributed by atoms with Gasteiger partial charge in [0.15, 0.2) is 0 Å². The fraction of sp³-hybridized carbons (Fsp3) is 0.500. The van der Waals surface area contributed by atoms with E-state index in [0.717, 1.165) is 25.1 Å². The van der Waals surface area contributed by atoms with Gasteiger partial charge >= 0.3 is 0 Å². The minimum atomic E-state index is -0.0559. The summed E-state index contributed by atoms with van der Waals surface area (Å²) in [4.78, 5) is 0. The van der Waals surface area contributed by atoms with E-state index in [1.807, 2.05) is 12.1 Å². The molecule has 1 aromatic rings. The summed E-state index contributed by atoms with van der Waals surface area (Å²) in [5.74, 6) is 0.896. The predicted octanol–water partition coefficient (Wildman–Crippen LogP) is 2.54. The first-order valence-electron chi connectivity index (χ1n) is 5.28. The summed E-state index contributed by atoms with van der Waals surface area (Å²) in [5.41, 5.74) is 0.879. The minimum Gasteiger partial charge on any atom is -0.316 e. The fourth-order valence-corrected chi connectivity index (χ4v) is 2.30. The van der Waals surface area contributed by atoms with E-state index in [1.165, 1.54) is 0 Å². The van der Waals surface area contributed by atoms with Gasteiger partial charge in [-0.3, -0.25) is 0 Å². The van der Waals surface area contributed by atoms with Gasteiger partial charge in [-0.25, -0.2) is 4.39 Å². The number of hydrogen-bond acceptors (Lipinski definition) is 1. The van der Waals surface area contributed by atoms with Crippen LogP contribution in [0.2, 0.25) is 0 Å². The highest BCUT2D eigenvalue weighted by Crippen LogP contribution is 2.31. The summed E-state index contributed by atoms with van der Waals surface area (Å²) in [6.07, 6.45) is 1.12. The van der Waals surface area contributed by atoms with Crippen molar-refractivity contribution in [2.75, 3.05) is 13.1 Å². The lowest BCUT2D eigenvalue weighted by Crippen LogP contribution is -2.11. The second-order valence-corrected chi connectivity index (χ2v) is 3.95. The molecule has 0 amide bonds. The van der Waals surface area contributed by atoms with Crippen molar-refractivity contribution in [3.05, 3.63) is 35.6 Å². The quantitative estimate of drug-likeness (QED) is 0.761. The van der Waals surface area contributed by atoms with Crippen LogP contribution in [0.3, 0.4) is 0 Å². The Morgan fingerprint density at radius 1 is 1.36 bits per heavy atom. The molecule has 0 saturated carbocycles. The standard InChI is InChI=1S/C12H16FN/c1-2-9-7-14-8-11(9)10-5-3-4-6-12(10)13/h3-6,9,11,14H,2,7-8H2,1H3. The molecular weight excluding hydrogens is 177 g/mol. The number of rotatable bonds is 2. The largest absolute Gasteiger partial charge is 0.316 e. The Hall–Kier alpha value is -0.890. The van der Waals surface area contributed by atoms with E-state index in [2.05, 4.69) is 12.2 Å². The maximum Gasteiger partial charge on any atom is 0.126 e. The molecule has 1 saturated heterocycles. The molecule has 1 aliphatic heterocycles. The molecule has 2 atom stereocenters. The average molecular weight is 193 g/mol. The lowest BCUT2D eigenvalue weighted by molar-refractivity contribution is 0.481. The van der Waals surface area contributed by atoms with Gasteiger partial charge in [0.05, 0.1) is 0 Å². The highest BCUT2D eigenvalue weighted by Gasteiger charge is 2.28. The van der Waals surface area contributed by atoms with Crippen molar-refractivity contribution in [3.63, 3.8) is 0 Å². The van der Waals surface area contributed by atoms with E-state index in [-0.39, 0.29) is 5.82 Å². The molecule has 1 fully saturated rings. The molecule has 0 bridgehead atoms. The topological polar surface area (TPSA) is 12.0 Å². The molecule has 76 valence electrons. The van der Waals surface area contributed by atoms with Gasteiger partial charge in [0.2, 0.25) is 0 Å². The van der Waals surface area contributed by atoms with Crippen molar-refractivity contribution in [3.8, 4) is 0 Å². The number of halogens is 1. The zero-order chi connectivity index (χ0) is 9.97. The van der Waals surface area contributed by atoms with Crippen molar-refractivity contribution in [1.29, 1.82) is 0 Å². The zero-order valence-corrected chi connectivity index (χ0v) is 8.46. The maximum atomic E-state index is 13.5. The van der Waals surface area contributed by atoms with Crippen LogP contribution in [0, 0.1) is 11.7 Å². The average Bonchev–Trinajstić information content (AvgIpc) is 2.66. The molecule has 2 heteroatoms. The normalized spacial score (nSPS) is 26.7. The van der Waals surface area contributed by atoms with Crippen molar-refractivity contribution in [1.82, 2.24) is 5.32 Å². The van der Waals surface area contributed by atoms with Gasteiger partial charge in [0, 0.05) is 12.5 Å². The molecule has 1 N–H and O–H groups in total. The van der Waals surface area contributed by atoms with E-state index in [1.54, 1.807) is 12.1 Å². The molecule has 1 heterocycles. The van der Waals surface area contributed by atoms with E-state index in [4.69, 9.17) is 0 Å². The van der Waals surface area contributed by atoms with Crippen LogP contribution < -0.4 is 5.32 Å². The van der Waals surface area contributed by atoms with E-state index < -0.39 is 0 Å². The van der Waals surface area contributed by atoms with Crippen LogP contribution in [0.5, 0.6) is 0 Å². The van der Waals surface area contributed by atoms with Gasteiger partial charge in [0.1, 0.15) is 5.82 Å². The molecule has 2 rings (SSSR count). The molecule has 14 heavy (non-hydrogen) atoms. The maximum absolute atomic E-state index is 13.5. The first kappa shape index (κ1) is 9.66. The first-order chi connectivity index (χ1) is 6.83. The molecule has 0 aliphatic carbocycles. The van der Waals surface area contributed by atoms with Gasteiger partial charge in [-0.1, -0.05) is 31.5 Å². The number of hydrogen-bond donors (Lipinski definition) is 1. The third-order valence-corrected chi connectivity index (χ3v) is 3.17. The summed E-state index contributed by atoms with van der Waals surface area (Å²) in [6, 6.07) is 7.14. The molecular formula is C12H16FN. The Bertz CT molecular complexity index is 311. The second kappa shape index (κ2) is 4.09. The lowest BCUT2D eigenvalue weighted by atomic mass is 9.87. The monoisotopic (exact) mass is 193 g/mol. The molecule has 0 spiro atoms. The SMILES string of the molecule is CCC1CNCC1c1ccccc1F. The first-order valence-corrected chi connectivity index (χ1v) is 5.28. The fourth-order valence-electron chi connectivity index (χ4n) is 2.30. The summed E-state index contributed by atoms with van der Waals surface area (Å²) >= 11 is 0. The van der Waals surface area contributed by atoms with Gasteiger partial charge in [0.25, 0.3) is 0 Å². The Balaban J connectivity index is 2.26. The van der Waals surface area contributed by atoms with Crippen LogP contribution in [0.1, 0.15) is 24.8 Å². The molecule has 0 radical (unpaired) electrons. The highest BCUT2D eigenvalue weighted by molar-refractivity contribution is 5.24. The van der Waals surface area contributed by atoms with Crippen LogP contribution in [0.4, 0.5) is 4.39 Å². The summed E-state index contributed by atoms with van der Waals surface area (Å²) in [6.45, 7) is 4.11. The smallest absolute Gasteiger partial charge is 0.126 e. The third kappa shape index (κ3) is 1.67. The van der Waals surface area contributed by atoms with Crippen molar-refractivity contribution >= 4 is 0 Å². The van der Waals surface area contributed by atoms with Crippen LogP contribution in [-0.4, -0.2) is 13.1 Å². The lowest BCUT2D eigenvalue weighted by Gasteiger charge is -2.17. The minimum absolute atomic E-state index is 0.0559. The van der Waals surface area contributed by atoms with Crippen LogP contribution in [0.15, 0.2) is 24.3 Å². The Kier molecular flexibility index (Phi) is 2.82.